The van der Waals surface area contributed by atoms with Gasteiger partial charge in [0.2, 0.25) is 0 Å². The number of rotatable bonds is 10. The first-order valence-corrected chi connectivity index (χ1v) is 28.9. The molecule has 0 saturated carbocycles. The molecular weight excluding hydrogens is 1040 g/mol. The number of hydrogen-bond donors (Lipinski definition) is 3. The van der Waals surface area contributed by atoms with Crippen molar-refractivity contribution in [1.29, 1.82) is 0 Å². The number of nitrogens with one attached hydrogen (secondary N) is 1. The highest BCUT2D eigenvalue weighted by molar-refractivity contribution is 7.97. The molecule has 0 atom stereocenters. The van der Waals surface area contributed by atoms with Crippen molar-refractivity contribution in [3.05, 3.63) is 115 Å². The molecule has 5 saturated heterocycles. The smallest absolute Gasteiger partial charge is 0.319 e. The van der Waals surface area contributed by atoms with Gasteiger partial charge in [-0.3, -0.25) is 24.5 Å². The standard InChI is InChI=1S/C31H30FN7O2.C29H31FN6O2S/c32-26-27(24-14-22(40)13-20-5-1-2-6-23(20)24)34-16-25-28(26)35-30(41-18-31-7-3-9-39(31)10-4-8-31)36-29(25)37-11-12-38-19-33-15-21(38)17-37;30-24-25(22-16-20(37)15-19-5-1-2-6-21(19)22)31-17-23-26(24)33-28(34-27(23)35-12-9-32-39-14-13-35)38-18-29-7-3-10-36(29)11-4-8-29/h1-2,5-6,13-16,19,40H,3-4,7-12,17-18H2;1-2,5-6,15-17,32,37H,3-4,7-14,18H2. The molecule has 80 heavy (non-hydrogen) atoms. The largest absolute Gasteiger partial charge is 0.508 e. The average molecular weight is 1100 g/mol. The van der Waals surface area contributed by atoms with E-state index in [0.717, 1.165) is 124 Å². The van der Waals surface area contributed by atoms with Crippen molar-refractivity contribution >= 4 is 66.9 Å². The number of fused-ring (bicyclic) bond motifs is 7. The van der Waals surface area contributed by atoms with Gasteiger partial charge in [-0.1, -0.05) is 60.5 Å². The second kappa shape index (κ2) is 20.9. The SMILES string of the molecule is Oc1cc(-c2ncc3c(N4CCNSCC4)nc(OCC45CCCN4CCC5)nc3c2F)c2ccccc2c1.Oc1cc(-c2ncc3c(N4CCn5cncc5C4)nc(OCC45CCCN4CCC5)nc3c2F)c2ccccc2c1. The van der Waals surface area contributed by atoms with Gasteiger partial charge in [-0.05, 0) is 123 Å². The number of phenols is 2. The molecule has 0 bridgehead atoms. The molecule has 0 unspecified atom stereocenters. The van der Waals surface area contributed by atoms with Crippen LogP contribution in [-0.4, -0.2) is 142 Å². The Bertz CT molecular complexity index is 3820. The quantitative estimate of drug-likeness (QED) is 0.110. The summed E-state index contributed by atoms with van der Waals surface area (Å²) in [4.78, 5) is 41.8. The molecule has 9 aromatic rings. The Balaban J connectivity index is 0.000000144. The maximum atomic E-state index is 16.6. The highest BCUT2D eigenvalue weighted by Crippen LogP contribution is 2.43. The van der Waals surface area contributed by atoms with E-state index in [1.807, 2.05) is 61.1 Å². The lowest BCUT2D eigenvalue weighted by Gasteiger charge is -2.32. The monoisotopic (exact) mass is 1100 g/mol. The van der Waals surface area contributed by atoms with Crippen LogP contribution < -0.4 is 24.0 Å². The minimum absolute atomic E-state index is 0.0124. The zero-order valence-electron chi connectivity index (χ0n) is 44.3. The predicted molar refractivity (Wildman–Crippen MR) is 306 cm³/mol. The maximum Gasteiger partial charge on any atom is 0.319 e. The van der Waals surface area contributed by atoms with Crippen LogP contribution in [0, 0.1) is 11.6 Å². The van der Waals surface area contributed by atoms with Crippen LogP contribution in [0.4, 0.5) is 20.4 Å². The van der Waals surface area contributed by atoms with Crippen LogP contribution in [0.1, 0.15) is 57.1 Å². The summed E-state index contributed by atoms with van der Waals surface area (Å²) >= 11 is 1.68. The fourth-order valence-electron chi connectivity index (χ4n) is 13.5. The van der Waals surface area contributed by atoms with E-state index in [9.17, 15) is 10.2 Å². The number of aromatic nitrogens is 8. The van der Waals surface area contributed by atoms with E-state index in [-0.39, 0.29) is 57.0 Å². The van der Waals surface area contributed by atoms with E-state index in [1.165, 1.54) is 12.8 Å². The number of hydrogen-bond acceptors (Lipinski definition) is 17. The molecule has 15 rings (SSSR count). The summed E-state index contributed by atoms with van der Waals surface area (Å²) in [5, 5.41) is 25.1. The number of anilines is 2. The zero-order valence-corrected chi connectivity index (χ0v) is 45.1. The van der Waals surface area contributed by atoms with E-state index in [0.29, 0.717) is 59.8 Å². The Hall–Kier alpha value is -7.52. The molecule has 3 N–H and O–H groups in total. The van der Waals surface area contributed by atoms with Crippen LogP contribution in [0.25, 0.3) is 65.9 Å². The van der Waals surface area contributed by atoms with Crippen molar-refractivity contribution in [2.45, 2.75) is 75.5 Å². The van der Waals surface area contributed by atoms with Gasteiger partial charge in [-0.2, -0.15) is 19.9 Å². The van der Waals surface area contributed by atoms with E-state index < -0.39 is 11.6 Å². The Kier molecular flexibility index (Phi) is 13.2. The number of benzene rings is 4. The van der Waals surface area contributed by atoms with Crippen molar-refractivity contribution in [2.75, 3.05) is 81.1 Å². The molecular formula is C60H61F2N13O4S. The molecule has 0 spiro atoms. The van der Waals surface area contributed by atoms with Gasteiger partial charge in [0.1, 0.15) is 58.8 Å². The second-order valence-electron chi connectivity index (χ2n) is 22.1. The molecule has 20 heteroatoms. The number of nitrogens with zero attached hydrogens (tertiary/aromatic N) is 12. The lowest BCUT2D eigenvalue weighted by molar-refractivity contribution is 0.108. The lowest BCUT2D eigenvalue weighted by Crippen LogP contribution is -2.43. The highest BCUT2D eigenvalue weighted by atomic mass is 32.2. The van der Waals surface area contributed by atoms with Crippen molar-refractivity contribution in [3.8, 4) is 46.0 Å². The molecule has 410 valence electrons. The number of ether oxygens (including phenoxy) is 2. The molecule has 11 heterocycles. The zero-order chi connectivity index (χ0) is 54.0. The van der Waals surface area contributed by atoms with Gasteiger partial charge in [0.15, 0.2) is 11.6 Å². The van der Waals surface area contributed by atoms with E-state index in [1.54, 1.807) is 48.6 Å². The molecule has 5 aromatic heterocycles. The molecule has 0 amide bonds. The van der Waals surface area contributed by atoms with Gasteiger partial charge in [0.25, 0.3) is 0 Å². The van der Waals surface area contributed by atoms with Gasteiger partial charge < -0.3 is 34.1 Å². The van der Waals surface area contributed by atoms with E-state index in [2.05, 4.69) is 53.8 Å². The fraction of sp³-hybridized carbons (Fsp3) is 0.383. The number of pyridine rings is 2. The van der Waals surface area contributed by atoms with Gasteiger partial charge in [0.05, 0.1) is 40.4 Å². The Morgan fingerprint density at radius 1 is 0.575 bits per heavy atom. The third-order valence-electron chi connectivity index (χ3n) is 17.5. The molecule has 4 aromatic carbocycles. The normalized spacial score (nSPS) is 18.8. The molecule has 6 aliphatic rings. The minimum Gasteiger partial charge on any atom is -0.508 e. The number of halogens is 2. The summed E-state index contributed by atoms with van der Waals surface area (Å²) in [7, 11) is 0. The van der Waals surface area contributed by atoms with Crippen LogP contribution in [0.2, 0.25) is 0 Å². The third-order valence-corrected chi connectivity index (χ3v) is 18.3. The van der Waals surface area contributed by atoms with Gasteiger partial charge in [0, 0.05) is 68.2 Å². The van der Waals surface area contributed by atoms with Crippen molar-refractivity contribution < 1.29 is 28.5 Å². The molecule has 17 nitrogen and oxygen atoms in total. The lowest BCUT2D eigenvalue weighted by atomic mass is 9.95. The molecule has 6 aliphatic heterocycles. The summed E-state index contributed by atoms with van der Waals surface area (Å²) in [6.07, 6.45) is 16.1. The van der Waals surface area contributed by atoms with Gasteiger partial charge in [-0.25, -0.2) is 13.8 Å². The van der Waals surface area contributed by atoms with Crippen molar-refractivity contribution in [2.24, 2.45) is 0 Å². The van der Waals surface area contributed by atoms with Crippen molar-refractivity contribution in [3.63, 3.8) is 0 Å². The van der Waals surface area contributed by atoms with Crippen LogP contribution >= 0.6 is 11.9 Å². The molecule has 0 aliphatic carbocycles. The number of phenolic OH excluding ortho intramolecular Hbond substituents is 2. The summed E-state index contributed by atoms with van der Waals surface area (Å²) in [5.41, 5.74) is 2.77. The number of aromatic hydroxyl groups is 2. The summed E-state index contributed by atoms with van der Waals surface area (Å²) in [6, 6.07) is 22.0. The van der Waals surface area contributed by atoms with E-state index in [4.69, 9.17) is 19.4 Å². The Labute approximate surface area is 465 Å². The second-order valence-corrected chi connectivity index (χ2v) is 23.1. The first kappa shape index (κ1) is 50.7. The van der Waals surface area contributed by atoms with Gasteiger partial charge >= 0.3 is 12.0 Å². The summed E-state index contributed by atoms with van der Waals surface area (Å²) < 4.78 is 51.1. The molecule has 5 fully saturated rings. The number of imidazole rings is 1. The van der Waals surface area contributed by atoms with Crippen LogP contribution in [0.15, 0.2) is 97.7 Å². The first-order valence-electron chi connectivity index (χ1n) is 28.0. The fourth-order valence-corrected chi connectivity index (χ4v) is 14.2. The third kappa shape index (κ3) is 9.18. The topological polar surface area (TPSA) is 179 Å². The van der Waals surface area contributed by atoms with Crippen LogP contribution in [-0.2, 0) is 13.1 Å². The van der Waals surface area contributed by atoms with Crippen LogP contribution in [0.3, 0.4) is 0 Å². The first-order chi connectivity index (χ1) is 39.2. The highest BCUT2D eigenvalue weighted by Gasteiger charge is 2.46. The molecule has 0 radical (unpaired) electrons. The Morgan fingerprint density at radius 2 is 1.10 bits per heavy atom. The minimum atomic E-state index is -0.560. The average Bonchev–Trinajstić information content (AvgIpc) is 4.40. The van der Waals surface area contributed by atoms with Crippen LogP contribution in [0.5, 0.6) is 23.5 Å². The summed E-state index contributed by atoms with van der Waals surface area (Å²) in [6.45, 7) is 9.70. The van der Waals surface area contributed by atoms with Gasteiger partial charge in [-0.15, -0.1) is 0 Å². The van der Waals surface area contributed by atoms with E-state index >= 15 is 8.78 Å². The van der Waals surface area contributed by atoms with Crippen molar-refractivity contribution in [1.82, 2.24) is 54.0 Å². The maximum absolute atomic E-state index is 16.6. The summed E-state index contributed by atoms with van der Waals surface area (Å²) in [5.74, 6) is 1.13. The predicted octanol–water partition coefficient (Wildman–Crippen LogP) is 9.67. The Morgan fingerprint density at radius 3 is 1.65 bits per heavy atom.